The average Bonchev–Trinajstić information content (AvgIpc) is 2.12. The molecule has 1 unspecified atom stereocenters. The summed E-state index contributed by atoms with van der Waals surface area (Å²) < 4.78 is 0. The topological polar surface area (TPSA) is 37.3 Å². The highest BCUT2D eigenvalue weighted by Crippen LogP contribution is 2.33. The van der Waals surface area contributed by atoms with E-state index < -0.39 is 11.4 Å². The Bertz CT molecular complexity index is 159. The van der Waals surface area contributed by atoms with E-state index >= 15 is 0 Å². The number of aliphatic carboxylic acids is 1. The fraction of sp³-hybridized carbons (Fsp3) is 0.900. The molecule has 0 rings (SSSR count). The van der Waals surface area contributed by atoms with Gasteiger partial charge in [-0.2, -0.15) is 12.6 Å². The van der Waals surface area contributed by atoms with Crippen LogP contribution >= 0.6 is 12.6 Å². The number of hydrogen-bond donors (Lipinski definition) is 2. The summed E-state index contributed by atoms with van der Waals surface area (Å²) in [6.07, 6.45) is 4.23. The number of carboxylic acids is 1. The lowest BCUT2D eigenvalue weighted by atomic mass is 9.78. The van der Waals surface area contributed by atoms with Crippen LogP contribution in [0, 0.1) is 5.41 Å². The second kappa shape index (κ2) is 6.30. The van der Waals surface area contributed by atoms with Gasteiger partial charge in [0.2, 0.25) is 0 Å². The van der Waals surface area contributed by atoms with Crippen LogP contribution in [0.1, 0.15) is 46.0 Å². The van der Waals surface area contributed by atoms with E-state index in [0.29, 0.717) is 18.6 Å². The van der Waals surface area contributed by atoms with Crippen molar-refractivity contribution in [3.8, 4) is 0 Å². The third kappa shape index (κ3) is 3.59. The van der Waals surface area contributed by atoms with Crippen molar-refractivity contribution in [2.45, 2.75) is 46.0 Å². The first-order chi connectivity index (χ1) is 6.13. The summed E-state index contributed by atoms with van der Waals surface area (Å²) in [5.41, 5.74) is -0.516. The van der Waals surface area contributed by atoms with E-state index in [-0.39, 0.29) is 0 Å². The van der Waals surface area contributed by atoms with Gasteiger partial charge in [-0.1, -0.05) is 26.7 Å². The molecule has 78 valence electrons. The Morgan fingerprint density at radius 1 is 1.38 bits per heavy atom. The van der Waals surface area contributed by atoms with Crippen LogP contribution in [0.3, 0.4) is 0 Å². The maximum Gasteiger partial charge on any atom is 0.309 e. The Kier molecular flexibility index (Phi) is 6.21. The molecule has 1 N–H and O–H groups in total. The Morgan fingerprint density at radius 3 is 2.31 bits per heavy atom. The van der Waals surface area contributed by atoms with Crippen LogP contribution in [0.25, 0.3) is 0 Å². The maximum absolute atomic E-state index is 11.1. The molecule has 0 heterocycles. The summed E-state index contributed by atoms with van der Waals surface area (Å²) in [4.78, 5) is 11.1. The number of hydrogen-bond acceptors (Lipinski definition) is 2. The molecule has 0 radical (unpaired) electrons. The van der Waals surface area contributed by atoms with E-state index in [0.717, 1.165) is 19.3 Å². The zero-order valence-electron chi connectivity index (χ0n) is 8.55. The van der Waals surface area contributed by atoms with Gasteiger partial charge in [-0.15, -0.1) is 0 Å². The third-order valence-electron chi connectivity index (χ3n) is 2.73. The van der Waals surface area contributed by atoms with Crippen molar-refractivity contribution in [2.24, 2.45) is 5.41 Å². The summed E-state index contributed by atoms with van der Waals surface area (Å²) in [5, 5.41) is 9.15. The van der Waals surface area contributed by atoms with Crippen LogP contribution < -0.4 is 0 Å². The molecule has 0 saturated heterocycles. The first kappa shape index (κ1) is 12.8. The lowest BCUT2D eigenvalue weighted by Crippen LogP contribution is -2.30. The highest BCUT2D eigenvalue weighted by atomic mass is 32.1. The quantitative estimate of drug-likeness (QED) is 0.626. The molecule has 2 nitrogen and oxygen atoms in total. The van der Waals surface area contributed by atoms with Gasteiger partial charge in [0.1, 0.15) is 0 Å². The number of carboxylic acid groups (broad SMARTS) is 1. The second-order valence-electron chi connectivity index (χ2n) is 3.52. The smallest absolute Gasteiger partial charge is 0.309 e. The van der Waals surface area contributed by atoms with Crippen LogP contribution in [0.15, 0.2) is 0 Å². The molecule has 0 aromatic heterocycles. The standard InChI is InChI=1S/C10H20O2S/c1-3-5-6-10(4-2,7-8-13)9(11)12/h13H,3-8H2,1-2H3,(H,11,12). The van der Waals surface area contributed by atoms with Gasteiger partial charge in [-0.25, -0.2) is 0 Å². The van der Waals surface area contributed by atoms with E-state index in [1.165, 1.54) is 0 Å². The highest BCUT2D eigenvalue weighted by Gasteiger charge is 2.34. The average molecular weight is 204 g/mol. The van der Waals surface area contributed by atoms with E-state index in [9.17, 15) is 4.79 Å². The van der Waals surface area contributed by atoms with Crippen LogP contribution in [-0.2, 0) is 4.79 Å². The Morgan fingerprint density at radius 2 is 2.00 bits per heavy atom. The molecule has 0 aromatic carbocycles. The van der Waals surface area contributed by atoms with Gasteiger partial charge in [0.15, 0.2) is 0 Å². The van der Waals surface area contributed by atoms with Crippen molar-refractivity contribution < 1.29 is 9.90 Å². The minimum absolute atomic E-state index is 0.516. The monoisotopic (exact) mass is 204 g/mol. The molecule has 0 aromatic rings. The normalized spacial score (nSPS) is 15.3. The van der Waals surface area contributed by atoms with Crippen LogP contribution in [0.5, 0.6) is 0 Å². The number of carbonyl (C=O) groups is 1. The summed E-state index contributed by atoms with van der Waals surface area (Å²) >= 11 is 4.12. The Hall–Kier alpha value is -0.180. The van der Waals surface area contributed by atoms with Crippen molar-refractivity contribution in [1.82, 2.24) is 0 Å². The van der Waals surface area contributed by atoms with Gasteiger partial charge >= 0.3 is 5.97 Å². The van der Waals surface area contributed by atoms with Crippen LogP contribution in [0.4, 0.5) is 0 Å². The predicted molar refractivity (Wildman–Crippen MR) is 58.4 cm³/mol. The molecule has 0 saturated carbocycles. The number of unbranched alkanes of at least 4 members (excludes halogenated alkanes) is 1. The minimum Gasteiger partial charge on any atom is -0.481 e. The molecule has 0 aliphatic heterocycles. The largest absolute Gasteiger partial charge is 0.481 e. The Labute approximate surface area is 86.1 Å². The molecular weight excluding hydrogens is 184 g/mol. The van der Waals surface area contributed by atoms with E-state index in [1.54, 1.807) is 0 Å². The fourth-order valence-electron chi connectivity index (χ4n) is 1.57. The number of thiol groups is 1. The predicted octanol–water partition coefficient (Wildman–Crippen LogP) is 2.98. The molecule has 0 aliphatic rings. The van der Waals surface area contributed by atoms with Crippen molar-refractivity contribution >= 4 is 18.6 Å². The highest BCUT2D eigenvalue weighted by molar-refractivity contribution is 7.80. The summed E-state index contributed by atoms with van der Waals surface area (Å²) in [6, 6.07) is 0. The second-order valence-corrected chi connectivity index (χ2v) is 3.96. The molecule has 0 aliphatic carbocycles. The Balaban J connectivity index is 4.35. The lowest BCUT2D eigenvalue weighted by molar-refractivity contribution is -0.150. The van der Waals surface area contributed by atoms with Crippen molar-refractivity contribution in [1.29, 1.82) is 0 Å². The molecule has 13 heavy (non-hydrogen) atoms. The molecule has 1 atom stereocenters. The first-order valence-electron chi connectivity index (χ1n) is 4.97. The third-order valence-corrected chi connectivity index (χ3v) is 2.95. The zero-order chi connectivity index (χ0) is 10.3. The van der Waals surface area contributed by atoms with E-state index in [2.05, 4.69) is 19.6 Å². The first-order valence-corrected chi connectivity index (χ1v) is 5.60. The molecule has 0 bridgehead atoms. The van der Waals surface area contributed by atoms with E-state index in [4.69, 9.17) is 5.11 Å². The van der Waals surface area contributed by atoms with Gasteiger partial charge in [0.25, 0.3) is 0 Å². The van der Waals surface area contributed by atoms with Gasteiger partial charge in [-0.05, 0) is 25.0 Å². The molecule has 0 amide bonds. The molecule has 3 heteroatoms. The van der Waals surface area contributed by atoms with Gasteiger partial charge in [0.05, 0.1) is 5.41 Å². The summed E-state index contributed by atoms with van der Waals surface area (Å²) in [6.45, 7) is 4.04. The van der Waals surface area contributed by atoms with Gasteiger partial charge in [0, 0.05) is 0 Å². The fourth-order valence-corrected chi connectivity index (χ4v) is 2.00. The van der Waals surface area contributed by atoms with Crippen LogP contribution in [0.2, 0.25) is 0 Å². The van der Waals surface area contributed by atoms with Gasteiger partial charge < -0.3 is 5.11 Å². The maximum atomic E-state index is 11.1. The molecular formula is C10H20O2S. The van der Waals surface area contributed by atoms with Gasteiger partial charge in [-0.3, -0.25) is 4.79 Å². The summed E-state index contributed by atoms with van der Waals surface area (Å²) in [7, 11) is 0. The van der Waals surface area contributed by atoms with Crippen molar-refractivity contribution in [3.63, 3.8) is 0 Å². The SMILES string of the molecule is CCCCC(CC)(CCS)C(=O)O. The van der Waals surface area contributed by atoms with Crippen LogP contribution in [-0.4, -0.2) is 16.8 Å². The number of rotatable bonds is 7. The minimum atomic E-state index is -0.655. The van der Waals surface area contributed by atoms with Crippen molar-refractivity contribution in [2.75, 3.05) is 5.75 Å². The zero-order valence-corrected chi connectivity index (χ0v) is 9.44. The van der Waals surface area contributed by atoms with Crippen molar-refractivity contribution in [3.05, 3.63) is 0 Å². The van der Waals surface area contributed by atoms with E-state index in [1.807, 2.05) is 6.92 Å². The molecule has 0 fully saturated rings. The summed E-state index contributed by atoms with van der Waals surface area (Å²) in [5.74, 6) is 0.00151. The lowest BCUT2D eigenvalue weighted by Gasteiger charge is -2.27. The molecule has 0 spiro atoms.